The Kier molecular flexibility index (Phi) is 5.45. The van der Waals surface area contributed by atoms with Gasteiger partial charge in [0.05, 0.1) is 13.2 Å². The smallest absolute Gasteiger partial charge is 0.260 e. The molecule has 18 heavy (non-hydrogen) atoms. The predicted molar refractivity (Wildman–Crippen MR) is 67.7 cm³/mol. The van der Waals surface area contributed by atoms with Gasteiger partial charge in [0.25, 0.3) is 5.91 Å². The lowest BCUT2D eigenvalue weighted by molar-refractivity contribution is -0.126. The van der Waals surface area contributed by atoms with E-state index in [4.69, 9.17) is 14.6 Å². The van der Waals surface area contributed by atoms with Crippen molar-refractivity contribution < 1.29 is 19.4 Å². The molecule has 0 saturated carbocycles. The number of rotatable bonds is 6. The van der Waals surface area contributed by atoms with Crippen molar-refractivity contribution in [3.8, 4) is 11.5 Å². The Morgan fingerprint density at radius 2 is 2.17 bits per heavy atom. The van der Waals surface area contributed by atoms with Gasteiger partial charge in [-0.25, -0.2) is 0 Å². The summed E-state index contributed by atoms with van der Waals surface area (Å²) < 4.78 is 11.0. The van der Waals surface area contributed by atoms with Crippen molar-refractivity contribution in [2.45, 2.75) is 26.6 Å². The van der Waals surface area contributed by atoms with Crippen LogP contribution in [0, 0.1) is 0 Å². The zero-order valence-electron chi connectivity index (χ0n) is 10.9. The van der Waals surface area contributed by atoms with Crippen molar-refractivity contribution in [3.05, 3.63) is 23.8 Å². The van der Waals surface area contributed by atoms with Gasteiger partial charge in [-0.1, -0.05) is 6.07 Å². The average molecular weight is 253 g/mol. The summed E-state index contributed by atoms with van der Waals surface area (Å²) in [7, 11) is 1.56. The van der Waals surface area contributed by atoms with Gasteiger partial charge >= 0.3 is 0 Å². The van der Waals surface area contributed by atoms with E-state index < -0.39 is 6.10 Å². The van der Waals surface area contributed by atoms with Crippen LogP contribution in [-0.2, 0) is 11.4 Å². The minimum atomic E-state index is -0.603. The molecule has 100 valence electrons. The molecule has 5 heteroatoms. The molecular formula is C13H19NO4. The average Bonchev–Trinajstić information content (AvgIpc) is 2.39. The molecule has 0 aliphatic rings. The van der Waals surface area contributed by atoms with Gasteiger partial charge in [0.1, 0.15) is 0 Å². The second kappa shape index (κ2) is 6.86. The molecule has 1 amide bonds. The second-order valence-corrected chi connectivity index (χ2v) is 3.75. The van der Waals surface area contributed by atoms with E-state index in [0.29, 0.717) is 18.1 Å². The molecule has 0 heterocycles. The Hall–Kier alpha value is -1.75. The minimum Gasteiger partial charge on any atom is -0.490 e. The predicted octanol–water partition coefficient (Wildman–Crippen LogP) is 1.09. The number of ether oxygens (including phenoxy) is 2. The van der Waals surface area contributed by atoms with E-state index in [0.717, 1.165) is 5.56 Å². The van der Waals surface area contributed by atoms with Crippen LogP contribution in [0.25, 0.3) is 0 Å². The number of carbonyl (C=O) groups is 1. The number of likely N-dealkylation sites (N-methyl/N-ethyl adjacent to an activating group) is 1. The van der Waals surface area contributed by atoms with E-state index in [-0.39, 0.29) is 12.5 Å². The van der Waals surface area contributed by atoms with E-state index >= 15 is 0 Å². The SMILES string of the molecule is CCOc1cc(CO)ccc1OC(C)C(=O)NC. The lowest BCUT2D eigenvalue weighted by Crippen LogP contribution is -2.33. The van der Waals surface area contributed by atoms with Gasteiger partial charge < -0.3 is 19.9 Å². The molecule has 0 fully saturated rings. The van der Waals surface area contributed by atoms with E-state index in [9.17, 15) is 4.79 Å². The first-order valence-electron chi connectivity index (χ1n) is 5.87. The van der Waals surface area contributed by atoms with Crippen molar-refractivity contribution in [1.82, 2.24) is 5.32 Å². The third kappa shape index (κ3) is 3.63. The van der Waals surface area contributed by atoms with Crippen molar-refractivity contribution >= 4 is 5.91 Å². The highest BCUT2D eigenvalue weighted by molar-refractivity contribution is 5.80. The molecule has 0 saturated heterocycles. The van der Waals surface area contributed by atoms with Crippen LogP contribution in [0.1, 0.15) is 19.4 Å². The van der Waals surface area contributed by atoms with E-state index in [2.05, 4.69) is 5.32 Å². The number of benzene rings is 1. The van der Waals surface area contributed by atoms with Crippen LogP contribution in [0.2, 0.25) is 0 Å². The van der Waals surface area contributed by atoms with E-state index in [1.807, 2.05) is 6.92 Å². The van der Waals surface area contributed by atoms with E-state index in [1.165, 1.54) is 0 Å². The van der Waals surface area contributed by atoms with Gasteiger partial charge in [0, 0.05) is 7.05 Å². The minimum absolute atomic E-state index is 0.0641. The van der Waals surface area contributed by atoms with Crippen molar-refractivity contribution in [2.75, 3.05) is 13.7 Å². The summed E-state index contributed by atoms with van der Waals surface area (Å²) in [6.45, 7) is 3.94. The summed E-state index contributed by atoms with van der Waals surface area (Å²) in [5.41, 5.74) is 0.735. The molecule has 2 N–H and O–H groups in total. The fourth-order valence-corrected chi connectivity index (χ4v) is 1.46. The number of aliphatic hydroxyl groups is 1. The molecule has 0 bridgehead atoms. The molecule has 5 nitrogen and oxygen atoms in total. The van der Waals surface area contributed by atoms with Gasteiger partial charge in [-0.05, 0) is 31.5 Å². The fourth-order valence-electron chi connectivity index (χ4n) is 1.46. The van der Waals surface area contributed by atoms with Crippen molar-refractivity contribution in [1.29, 1.82) is 0 Å². The number of amides is 1. The fraction of sp³-hybridized carbons (Fsp3) is 0.462. The molecule has 0 aromatic heterocycles. The van der Waals surface area contributed by atoms with Gasteiger partial charge in [0.2, 0.25) is 0 Å². The largest absolute Gasteiger partial charge is 0.490 e. The zero-order chi connectivity index (χ0) is 13.5. The quantitative estimate of drug-likeness (QED) is 0.796. The maximum Gasteiger partial charge on any atom is 0.260 e. The standard InChI is InChI=1S/C13H19NO4/c1-4-17-12-7-10(8-15)5-6-11(12)18-9(2)13(16)14-3/h5-7,9,15H,4,8H2,1-3H3,(H,14,16). The lowest BCUT2D eigenvalue weighted by Gasteiger charge is -2.16. The summed E-state index contributed by atoms with van der Waals surface area (Å²) >= 11 is 0. The van der Waals surface area contributed by atoms with Crippen molar-refractivity contribution in [2.24, 2.45) is 0 Å². The Labute approximate surface area is 107 Å². The summed E-state index contributed by atoms with van der Waals surface area (Å²) in [5.74, 6) is 0.814. The van der Waals surface area contributed by atoms with E-state index in [1.54, 1.807) is 32.2 Å². The topological polar surface area (TPSA) is 67.8 Å². The summed E-state index contributed by atoms with van der Waals surface area (Å²) in [4.78, 5) is 11.4. The third-order valence-corrected chi connectivity index (χ3v) is 2.41. The second-order valence-electron chi connectivity index (χ2n) is 3.75. The molecule has 0 aliphatic carbocycles. The zero-order valence-corrected chi connectivity index (χ0v) is 10.9. The summed E-state index contributed by atoms with van der Waals surface area (Å²) in [6, 6.07) is 5.12. The molecule has 0 radical (unpaired) electrons. The highest BCUT2D eigenvalue weighted by atomic mass is 16.5. The lowest BCUT2D eigenvalue weighted by atomic mass is 10.2. The van der Waals surface area contributed by atoms with Crippen LogP contribution in [-0.4, -0.2) is 30.8 Å². The number of nitrogens with one attached hydrogen (secondary N) is 1. The number of aliphatic hydroxyl groups excluding tert-OH is 1. The highest BCUT2D eigenvalue weighted by Crippen LogP contribution is 2.29. The Bertz CT molecular complexity index is 406. The highest BCUT2D eigenvalue weighted by Gasteiger charge is 2.15. The van der Waals surface area contributed by atoms with Crippen LogP contribution in [0.4, 0.5) is 0 Å². The molecule has 1 rings (SSSR count). The van der Waals surface area contributed by atoms with Gasteiger partial charge in [-0.3, -0.25) is 4.79 Å². The monoisotopic (exact) mass is 253 g/mol. The van der Waals surface area contributed by atoms with Gasteiger partial charge in [-0.15, -0.1) is 0 Å². The Balaban J connectivity index is 2.89. The first-order valence-corrected chi connectivity index (χ1v) is 5.87. The van der Waals surface area contributed by atoms with Crippen LogP contribution >= 0.6 is 0 Å². The van der Waals surface area contributed by atoms with Crippen LogP contribution in [0.15, 0.2) is 18.2 Å². The van der Waals surface area contributed by atoms with Crippen molar-refractivity contribution in [3.63, 3.8) is 0 Å². The van der Waals surface area contributed by atoms with Gasteiger partial charge in [-0.2, -0.15) is 0 Å². The number of carbonyl (C=O) groups excluding carboxylic acids is 1. The van der Waals surface area contributed by atoms with Crippen LogP contribution in [0.3, 0.4) is 0 Å². The number of hydrogen-bond donors (Lipinski definition) is 2. The van der Waals surface area contributed by atoms with Crippen LogP contribution in [0.5, 0.6) is 11.5 Å². The molecule has 1 aromatic carbocycles. The number of hydrogen-bond acceptors (Lipinski definition) is 4. The molecule has 1 atom stereocenters. The summed E-state index contributed by atoms with van der Waals surface area (Å²) in [6.07, 6.45) is -0.603. The first-order chi connectivity index (χ1) is 8.62. The molecule has 0 aliphatic heterocycles. The maximum atomic E-state index is 11.4. The maximum absolute atomic E-state index is 11.4. The van der Waals surface area contributed by atoms with Gasteiger partial charge in [0.15, 0.2) is 17.6 Å². The summed E-state index contributed by atoms with van der Waals surface area (Å²) in [5, 5.41) is 11.6. The molecule has 1 aromatic rings. The molecule has 1 unspecified atom stereocenters. The Morgan fingerprint density at radius 1 is 1.44 bits per heavy atom. The first kappa shape index (κ1) is 14.3. The normalized spacial score (nSPS) is 11.8. The Morgan fingerprint density at radius 3 is 2.72 bits per heavy atom. The third-order valence-electron chi connectivity index (χ3n) is 2.41. The molecule has 0 spiro atoms. The van der Waals surface area contributed by atoms with Crippen LogP contribution < -0.4 is 14.8 Å². The molecular weight excluding hydrogens is 234 g/mol.